The van der Waals surface area contributed by atoms with Crippen molar-refractivity contribution in [1.82, 2.24) is 0 Å². The second-order valence-corrected chi connectivity index (χ2v) is 15.0. The smallest absolute Gasteiger partial charge is 0.363 e. The standard InChI is InChI=1S/C36H48Cl2N2O6/c1-23(41)36(16-13-30-28-9-8-25-22-27(42)11-14-34(25,2)29(28)12-15-35(30,36)3)46-33(44)32(39)45-31(43)10-7-24-5-4-6-26(21-24)40(19-17-37)20-18-38/h4-6,21-22,28-30,32H,7-20,39H2,1-3H3/t28-,29+,30+,32+,34+,35+,36+/m1/s1. The largest absolute Gasteiger partial charge is 0.447 e. The van der Waals surface area contributed by atoms with Crippen molar-refractivity contribution in [2.75, 3.05) is 29.7 Å². The molecule has 1 aromatic rings. The molecule has 46 heavy (non-hydrogen) atoms. The van der Waals surface area contributed by atoms with E-state index in [1.165, 1.54) is 12.5 Å². The lowest BCUT2D eigenvalue weighted by molar-refractivity contribution is -0.198. The lowest BCUT2D eigenvalue weighted by atomic mass is 9.46. The molecule has 10 heteroatoms. The van der Waals surface area contributed by atoms with Gasteiger partial charge in [-0.1, -0.05) is 31.6 Å². The van der Waals surface area contributed by atoms with E-state index in [0.717, 1.165) is 49.8 Å². The number of alkyl halides is 2. The predicted octanol–water partition coefficient (Wildman–Crippen LogP) is 6.13. The summed E-state index contributed by atoms with van der Waals surface area (Å²) in [5.74, 6) is 0.492. The second kappa shape index (κ2) is 14.0. The summed E-state index contributed by atoms with van der Waals surface area (Å²) in [5, 5.41) is 0. The van der Waals surface area contributed by atoms with Crippen LogP contribution in [0.15, 0.2) is 35.9 Å². The van der Waals surface area contributed by atoms with E-state index in [2.05, 4.69) is 18.7 Å². The van der Waals surface area contributed by atoms with Crippen molar-refractivity contribution in [3.05, 3.63) is 41.5 Å². The molecule has 4 aliphatic rings. The molecule has 0 heterocycles. The third-order valence-electron chi connectivity index (χ3n) is 12.0. The highest BCUT2D eigenvalue weighted by Gasteiger charge is 2.68. The maximum absolute atomic E-state index is 13.4. The number of Topliss-reactive ketones (excluding diaryl/α,β-unsaturated/α-hetero) is 1. The average molecular weight is 676 g/mol. The molecule has 0 aliphatic heterocycles. The summed E-state index contributed by atoms with van der Waals surface area (Å²) in [6.45, 7) is 7.22. The Bertz CT molecular complexity index is 1380. The fourth-order valence-electron chi connectivity index (χ4n) is 9.58. The number of halogens is 2. The lowest BCUT2D eigenvalue weighted by Crippen LogP contribution is -2.59. The number of anilines is 1. The molecule has 0 radical (unpaired) electrons. The minimum Gasteiger partial charge on any atom is -0.447 e. The minimum absolute atomic E-state index is 0.00192. The third kappa shape index (κ3) is 6.38. The van der Waals surface area contributed by atoms with Crippen LogP contribution in [0.5, 0.6) is 0 Å². The average Bonchev–Trinajstić information content (AvgIpc) is 3.33. The number of ketones is 2. The van der Waals surface area contributed by atoms with E-state index in [0.29, 0.717) is 55.9 Å². The Morgan fingerprint density at radius 2 is 1.74 bits per heavy atom. The van der Waals surface area contributed by atoms with Gasteiger partial charge in [0.25, 0.3) is 0 Å². The molecule has 0 spiro atoms. The Morgan fingerprint density at radius 3 is 2.43 bits per heavy atom. The van der Waals surface area contributed by atoms with Crippen LogP contribution in [0.25, 0.3) is 0 Å². The van der Waals surface area contributed by atoms with Gasteiger partial charge in [0, 0.05) is 48.8 Å². The summed E-state index contributed by atoms with van der Waals surface area (Å²) in [6.07, 6.45) is 6.87. The van der Waals surface area contributed by atoms with Gasteiger partial charge >= 0.3 is 11.9 Å². The van der Waals surface area contributed by atoms with Crippen LogP contribution in [0, 0.1) is 28.6 Å². The van der Waals surface area contributed by atoms with Gasteiger partial charge in [0.05, 0.1) is 0 Å². The maximum Gasteiger partial charge on any atom is 0.363 e. The van der Waals surface area contributed by atoms with Crippen LogP contribution in [0.3, 0.4) is 0 Å². The summed E-state index contributed by atoms with van der Waals surface area (Å²) in [6, 6.07) is 7.79. The zero-order valence-corrected chi connectivity index (χ0v) is 28.8. The summed E-state index contributed by atoms with van der Waals surface area (Å²) < 4.78 is 11.4. The van der Waals surface area contributed by atoms with Crippen molar-refractivity contribution < 1.29 is 28.7 Å². The Balaban J connectivity index is 1.22. The molecule has 5 rings (SSSR count). The number of ether oxygens (including phenoxy) is 2. The van der Waals surface area contributed by atoms with Crippen molar-refractivity contribution in [1.29, 1.82) is 0 Å². The highest BCUT2D eigenvalue weighted by molar-refractivity contribution is 6.18. The van der Waals surface area contributed by atoms with Gasteiger partial charge in [-0.2, -0.15) is 0 Å². The van der Waals surface area contributed by atoms with Gasteiger partial charge in [-0.05, 0) is 105 Å². The Morgan fingerprint density at radius 1 is 1.02 bits per heavy atom. The van der Waals surface area contributed by atoms with Crippen molar-refractivity contribution >= 4 is 52.4 Å². The van der Waals surface area contributed by atoms with E-state index < -0.39 is 29.2 Å². The van der Waals surface area contributed by atoms with Crippen LogP contribution in [-0.4, -0.2) is 60.2 Å². The number of aryl methyl sites for hydroxylation is 1. The first-order chi connectivity index (χ1) is 21.9. The molecule has 0 amide bonds. The summed E-state index contributed by atoms with van der Waals surface area (Å²) in [5.41, 5.74) is 7.39. The number of nitrogens with two attached hydrogens (primary N) is 1. The van der Waals surface area contributed by atoms with Crippen LogP contribution in [0.1, 0.15) is 84.1 Å². The minimum atomic E-state index is -1.63. The molecule has 1 aromatic carbocycles. The summed E-state index contributed by atoms with van der Waals surface area (Å²) in [7, 11) is 0. The number of nitrogens with zero attached hydrogens (tertiary/aromatic N) is 1. The molecular weight excluding hydrogens is 627 g/mol. The number of hydrogen-bond acceptors (Lipinski definition) is 8. The number of esters is 2. The molecule has 252 valence electrons. The van der Waals surface area contributed by atoms with Crippen LogP contribution < -0.4 is 10.6 Å². The van der Waals surface area contributed by atoms with Gasteiger partial charge in [-0.25, -0.2) is 4.79 Å². The monoisotopic (exact) mass is 674 g/mol. The third-order valence-corrected chi connectivity index (χ3v) is 12.4. The van der Waals surface area contributed by atoms with Crippen LogP contribution in [0.2, 0.25) is 0 Å². The highest BCUT2D eigenvalue weighted by Crippen LogP contribution is 2.68. The second-order valence-electron chi connectivity index (χ2n) is 14.2. The van der Waals surface area contributed by atoms with Crippen molar-refractivity contribution in [2.24, 2.45) is 34.3 Å². The molecule has 3 saturated carbocycles. The van der Waals surface area contributed by atoms with Crippen molar-refractivity contribution in [3.8, 4) is 0 Å². The number of carbonyl (C=O) groups excluding carboxylic acids is 4. The van der Waals surface area contributed by atoms with Crippen LogP contribution in [0.4, 0.5) is 5.69 Å². The van der Waals surface area contributed by atoms with Crippen LogP contribution >= 0.6 is 23.2 Å². The molecule has 4 aliphatic carbocycles. The number of fused-ring (bicyclic) bond motifs is 5. The number of carbonyl (C=O) groups is 4. The van der Waals surface area contributed by atoms with Gasteiger partial charge < -0.3 is 14.4 Å². The van der Waals surface area contributed by atoms with E-state index in [1.807, 2.05) is 30.3 Å². The van der Waals surface area contributed by atoms with E-state index >= 15 is 0 Å². The fourth-order valence-corrected chi connectivity index (χ4v) is 9.99. The number of benzene rings is 1. The highest BCUT2D eigenvalue weighted by atomic mass is 35.5. The van der Waals surface area contributed by atoms with E-state index in [4.69, 9.17) is 38.4 Å². The van der Waals surface area contributed by atoms with Gasteiger partial charge in [0.1, 0.15) is 0 Å². The zero-order valence-electron chi connectivity index (χ0n) is 27.3. The molecule has 0 saturated heterocycles. The van der Waals surface area contributed by atoms with Gasteiger partial charge in [0.2, 0.25) is 6.23 Å². The molecule has 0 unspecified atom stereocenters. The first kappa shape index (κ1) is 34.9. The van der Waals surface area contributed by atoms with E-state index in [1.54, 1.807) is 0 Å². The zero-order chi connectivity index (χ0) is 33.3. The van der Waals surface area contributed by atoms with Gasteiger partial charge in [-0.15, -0.1) is 23.2 Å². The van der Waals surface area contributed by atoms with Gasteiger partial charge in [0.15, 0.2) is 17.2 Å². The molecule has 8 nitrogen and oxygen atoms in total. The predicted molar refractivity (Wildman–Crippen MR) is 179 cm³/mol. The number of allylic oxidation sites excluding steroid dienone is 1. The maximum atomic E-state index is 13.4. The Hall–Kier alpha value is -2.42. The molecule has 7 atom stereocenters. The fraction of sp³-hybridized carbons (Fsp3) is 0.667. The van der Waals surface area contributed by atoms with Crippen molar-refractivity contribution in [3.63, 3.8) is 0 Å². The summed E-state index contributed by atoms with van der Waals surface area (Å²) >= 11 is 11.9. The SMILES string of the molecule is CC(=O)[C@@]1(OC(=O)[C@@H](N)OC(=O)CCc2cccc(N(CCCl)CCCl)c2)CC[C@H]2[C@@H]3CCC4=CC(=O)CC[C@]4(C)[C@H]3CC[C@@]21C. The van der Waals surface area contributed by atoms with E-state index in [9.17, 15) is 19.2 Å². The number of hydrogen-bond donors (Lipinski definition) is 1. The normalized spacial score (nSPS) is 32.3. The summed E-state index contributed by atoms with van der Waals surface area (Å²) in [4.78, 5) is 53.9. The quantitative estimate of drug-likeness (QED) is 0.160. The Labute approximate surface area is 282 Å². The lowest BCUT2D eigenvalue weighted by Gasteiger charge is -2.59. The van der Waals surface area contributed by atoms with Gasteiger partial charge in [-0.3, -0.25) is 20.1 Å². The molecule has 0 bridgehead atoms. The first-order valence-electron chi connectivity index (χ1n) is 16.8. The first-order valence-corrected chi connectivity index (χ1v) is 17.8. The number of rotatable bonds is 12. The van der Waals surface area contributed by atoms with Crippen molar-refractivity contribution in [2.45, 2.75) is 96.8 Å². The van der Waals surface area contributed by atoms with Crippen LogP contribution in [-0.2, 0) is 35.1 Å². The topological polar surface area (TPSA) is 116 Å². The molecule has 0 aromatic heterocycles. The molecule has 2 N–H and O–H groups in total. The van der Waals surface area contributed by atoms with E-state index in [-0.39, 0.29) is 29.3 Å². The molecular formula is C36H48Cl2N2O6. The molecule has 3 fully saturated rings. The Kier molecular flexibility index (Phi) is 10.6.